The van der Waals surface area contributed by atoms with E-state index in [2.05, 4.69) is 6.58 Å². The third-order valence-corrected chi connectivity index (χ3v) is 13.2. The van der Waals surface area contributed by atoms with Crippen molar-refractivity contribution >= 4 is 35.3 Å². The van der Waals surface area contributed by atoms with E-state index in [1.54, 1.807) is 97.1 Å². The molecule has 1 spiro atoms. The van der Waals surface area contributed by atoms with Gasteiger partial charge in [0.1, 0.15) is 11.9 Å². The number of nitrogens with zero attached hydrogens (tertiary/aromatic N) is 4. The quantitative estimate of drug-likeness (QED) is 0.0567. The summed E-state index contributed by atoms with van der Waals surface area (Å²) < 4.78 is 29.1. The summed E-state index contributed by atoms with van der Waals surface area (Å²) in [6, 6.07) is 46.4. The highest BCUT2D eigenvalue weighted by Crippen LogP contribution is 2.63. The number of benzene rings is 6. The van der Waals surface area contributed by atoms with Gasteiger partial charge in [0.05, 0.1) is 12.5 Å². The lowest BCUT2D eigenvalue weighted by atomic mass is 9.75. The average Bonchev–Trinajstić information content (AvgIpc) is 4.00. The molecule has 0 aliphatic carbocycles. The van der Waals surface area contributed by atoms with Crippen LogP contribution in [-0.2, 0) is 45.5 Å². The van der Waals surface area contributed by atoms with Crippen molar-refractivity contribution in [1.82, 2.24) is 14.9 Å². The summed E-state index contributed by atoms with van der Waals surface area (Å²) in [4.78, 5) is 80.0. The number of halogens is 1. The number of amides is 3. The molecule has 4 heterocycles. The van der Waals surface area contributed by atoms with Crippen LogP contribution in [0.4, 0.5) is 10.1 Å². The molecule has 3 fully saturated rings. The molecular formula is C53H43FN4O7. The standard InChI is InChI=1S/C53H43FN4O7/c1-3-40-32-52(50(62)64-45(35-21-11-5-12-22-35)36-23-13-6-14-24-36,51(63)65-46(37-25-15-7-16-26-37)38-27-17-8-18-28-38)58-44-43(47(59)55(2)48(44)60)53(57(40)58)41-31-39(54)29-30-42(41)56(49(53)61)33-34-19-9-4-10-20-34/h3-31,40,43-46H,1,32-33H2,2H3/t40-,43-,44+,53+/m1/s1. The van der Waals surface area contributed by atoms with Crippen LogP contribution in [0.1, 0.15) is 52.0 Å². The van der Waals surface area contributed by atoms with Crippen molar-refractivity contribution in [1.29, 1.82) is 0 Å². The molecule has 0 aromatic heterocycles. The van der Waals surface area contributed by atoms with Crippen LogP contribution in [0.2, 0.25) is 0 Å². The fraction of sp³-hybridized carbons (Fsp3) is 0.189. The fourth-order valence-electron chi connectivity index (χ4n) is 10.3. The van der Waals surface area contributed by atoms with E-state index < -0.39 is 83.2 Å². The van der Waals surface area contributed by atoms with Crippen LogP contribution in [0.3, 0.4) is 0 Å². The van der Waals surface area contributed by atoms with E-state index in [0.29, 0.717) is 27.9 Å². The first-order chi connectivity index (χ1) is 31.6. The SMILES string of the molecule is C=C[C@@H]1CC(C(=O)OC(c2ccccc2)c2ccccc2)(C(=O)OC(c2ccccc2)c2ccccc2)N2[C@@H]3C(=O)N(C)C(=O)[C@@H]3[C@@]3(C(=O)N(Cc4ccccc4)c4ccc(F)cc43)N12. The summed E-state index contributed by atoms with van der Waals surface area (Å²) >= 11 is 0. The number of likely N-dealkylation sites (tertiary alicyclic amines) is 1. The highest BCUT2D eigenvalue weighted by Gasteiger charge is 2.83. The zero-order valence-electron chi connectivity index (χ0n) is 35.3. The van der Waals surface area contributed by atoms with E-state index in [0.717, 1.165) is 10.5 Å². The Morgan fingerprint density at radius 2 is 1.14 bits per heavy atom. The first-order valence-electron chi connectivity index (χ1n) is 21.4. The Labute approximate surface area is 374 Å². The Balaban J connectivity index is 1.20. The summed E-state index contributed by atoms with van der Waals surface area (Å²) in [5.41, 5.74) is -1.17. The number of carbonyl (C=O) groups is 5. The lowest BCUT2D eigenvalue weighted by Crippen LogP contribution is -2.64. The number of hydrogen-bond donors (Lipinski definition) is 0. The molecule has 3 saturated heterocycles. The van der Waals surface area contributed by atoms with Crippen LogP contribution in [0.25, 0.3) is 0 Å². The van der Waals surface area contributed by atoms with Gasteiger partial charge in [-0.05, 0) is 46.0 Å². The minimum absolute atomic E-state index is 0.0307. The zero-order valence-corrected chi connectivity index (χ0v) is 35.3. The number of esters is 2. The van der Waals surface area contributed by atoms with Crippen molar-refractivity contribution < 1.29 is 37.8 Å². The number of imide groups is 1. The Kier molecular flexibility index (Phi) is 10.4. The van der Waals surface area contributed by atoms with Gasteiger partial charge < -0.3 is 14.4 Å². The van der Waals surface area contributed by atoms with Crippen molar-refractivity contribution in [2.24, 2.45) is 5.92 Å². The van der Waals surface area contributed by atoms with Gasteiger partial charge in [0, 0.05) is 30.8 Å². The number of hydrazine groups is 1. The van der Waals surface area contributed by atoms with E-state index in [1.165, 1.54) is 46.2 Å². The van der Waals surface area contributed by atoms with Crippen LogP contribution >= 0.6 is 0 Å². The first kappa shape index (κ1) is 41.5. The molecule has 0 bridgehead atoms. The van der Waals surface area contributed by atoms with E-state index in [1.807, 2.05) is 54.6 Å². The molecule has 3 amide bonds. The highest BCUT2D eigenvalue weighted by atomic mass is 19.1. The number of fused-ring (bicyclic) bond motifs is 7. The minimum atomic E-state index is -2.55. The Hall–Kier alpha value is -7.54. The molecule has 0 N–H and O–H groups in total. The third-order valence-electron chi connectivity index (χ3n) is 13.2. The Morgan fingerprint density at radius 1 is 0.677 bits per heavy atom. The molecule has 4 aliphatic rings. The number of rotatable bonds is 11. The maximum atomic E-state index is 16.0. The monoisotopic (exact) mass is 866 g/mol. The van der Waals surface area contributed by atoms with Gasteiger partial charge in [0.2, 0.25) is 17.4 Å². The van der Waals surface area contributed by atoms with Gasteiger partial charge in [-0.25, -0.2) is 19.0 Å². The predicted molar refractivity (Wildman–Crippen MR) is 237 cm³/mol. The summed E-state index contributed by atoms with van der Waals surface area (Å²) in [5.74, 6) is -6.59. The Morgan fingerprint density at radius 3 is 1.60 bits per heavy atom. The molecule has 4 aliphatic heterocycles. The number of anilines is 1. The van der Waals surface area contributed by atoms with E-state index in [4.69, 9.17) is 9.47 Å². The van der Waals surface area contributed by atoms with Gasteiger partial charge in [-0.3, -0.25) is 19.3 Å². The molecule has 65 heavy (non-hydrogen) atoms. The largest absolute Gasteiger partial charge is 0.451 e. The van der Waals surface area contributed by atoms with Crippen molar-refractivity contribution in [3.05, 3.63) is 222 Å². The zero-order chi connectivity index (χ0) is 45.0. The van der Waals surface area contributed by atoms with Gasteiger partial charge in [0.25, 0.3) is 5.91 Å². The summed E-state index contributed by atoms with van der Waals surface area (Å²) in [6.45, 7) is 4.17. The van der Waals surface area contributed by atoms with Crippen molar-refractivity contribution in [2.45, 2.75) is 48.3 Å². The van der Waals surface area contributed by atoms with Crippen LogP contribution in [0, 0.1) is 11.7 Å². The van der Waals surface area contributed by atoms with Gasteiger partial charge in [-0.2, -0.15) is 5.01 Å². The Bertz CT molecular complexity index is 2660. The first-order valence-corrected chi connectivity index (χ1v) is 21.4. The minimum Gasteiger partial charge on any atom is -0.451 e. The van der Waals surface area contributed by atoms with Crippen molar-refractivity contribution in [3.8, 4) is 0 Å². The molecule has 324 valence electrons. The second-order valence-corrected chi connectivity index (χ2v) is 16.7. The third kappa shape index (κ3) is 6.34. The van der Waals surface area contributed by atoms with Crippen LogP contribution in [-0.4, -0.2) is 69.2 Å². The number of carbonyl (C=O) groups excluding carboxylic acids is 5. The molecule has 11 nitrogen and oxygen atoms in total. The lowest BCUT2D eigenvalue weighted by molar-refractivity contribution is -0.192. The summed E-state index contributed by atoms with van der Waals surface area (Å²) in [7, 11) is 1.30. The average molecular weight is 867 g/mol. The lowest BCUT2D eigenvalue weighted by Gasteiger charge is -2.41. The molecule has 4 atom stereocenters. The smallest absolute Gasteiger partial charge is 0.340 e. The van der Waals surface area contributed by atoms with Gasteiger partial charge in [-0.15, -0.1) is 6.58 Å². The molecule has 10 rings (SSSR count). The number of ether oxygens (including phenoxy) is 2. The molecular weight excluding hydrogens is 824 g/mol. The van der Waals surface area contributed by atoms with Crippen LogP contribution in [0.5, 0.6) is 0 Å². The molecule has 0 unspecified atom stereocenters. The maximum Gasteiger partial charge on any atom is 0.340 e. The van der Waals surface area contributed by atoms with Gasteiger partial charge >= 0.3 is 11.9 Å². The number of hydrogen-bond acceptors (Lipinski definition) is 9. The fourth-order valence-corrected chi connectivity index (χ4v) is 10.3. The van der Waals surface area contributed by atoms with Crippen molar-refractivity contribution in [3.63, 3.8) is 0 Å². The van der Waals surface area contributed by atoms with Crippen molar-refractivity contribution in [2.75, 3.05) is 11.9 Å². The van der Waals surface area contributed by atoms with E-state index >= 15 is 18.8 Å². The normalized spacial score (nSPS) is 22.1. The summed E-state index contributed by atoms with van der Waals surface area (Å²) in [6.07, 6.45) is -1.08. The second kappa shape index (κ2) is 16.2. The summed E-state index contributed by atoms with van der Waals surface area (Å²) in [5, 5.41) is 2.73. The van der Waals surface area contributed by atoms with Gasteiger partial charge in [-0.1, -0.05) is 158 Å². The van der Waals surface area contributed by atoms with Crippen LogP contribution in [0.15, 0.2) is 183 Å². The molecule has 0 radical (unpaired) electrons. The number of likely N-dealkylation sites (N-methyl/N-ethyl adjacent to an activating group) is 1. The maximum absolute atomic E-state index is 16.0. The van der Waals surface area contributed by atoms with E-state index in [-0.39, 0.29) is 12.1 Å². The van der Waals surface area contributed by atoms with Crippen LogP contribution < -0.4 is 4.90 Å². The second-order valence-electron chi connectivity index (χ2n) is 16.7. The molecule has 12 heteroatoms. The van der Waals surface area contributed by atoms with Gasteiger partial charge in [0.15, 0.2) is 17.7 Å². The molecule has 6 aromatic carbocycles. The van der Waals surface area contributed by atoms with E-state index in [9.17, 15) is 9.59 Å². The molecule has 6 aromatic rings. The predicted octanol–water partition coefficient (Wildman–Crippen LogP) is 7.45. The highest BCUT2D eigenvalue weighted by molar-refractivity contribution is 6.18. The molecule has 0 saturated carbocycles. The topological polar surface area (TPSA) is 117 Å².